The van der Waals surface area contributed by atoms with Crippen molar-refractivity contribution in [2.75, 3.05) is 7.11 Å². The lowest BCUT2D eigenvalue weighted by Crippen LogP contribution is -2.40. The molecule has 0 bridgehead atoms. The summed E-state index contributed by atoms with van der Waals surface area (Å²) in [6, 6.07) is 0.271. The summed E-state index contributed by atoms with van der Waals surface area (Å²) in [6.45, 7) is 0. The van der Waals surface area contributed by atoms with Gasteiger partial charge < -0.3 is 15.2 Å². The number of nitrogens with one attached hydrogen (secondary N) is 2. The number of rotatable bonds is 4. The average Bonchev–Trinajstić information content (AvgIpc) is 3.23. The number of hydrogen-bond acceptors (Lipinski definition) is 6. The zero-order valence-electron chi connectivity index (χ0n) is 11.4. The summed E-state index contributed by atoms with van der Waals surface area (Å²) < 4.78 is 4.74. The van der Waals surface area contributed by atoms with Crippen LogP contribution in [-0.4, -0.2) is 35.1 Å². The second-order valence-electron chi connectivity index (χ2n) is 4.59. The maximum Gasteiger partial charge on any atom is 0.328 e. The molecule has 118 valence electrons. The maximum absolute atomic E-state index is 12.0. The summed E-state index contributed by atoms with van der Waals surface area (Å²) in [6.07, 6.45) is 1.62. The SMILES string of the molecule is COc1cc(Cl)c(C(=O)NC(=O)NC2CC2)c([N+](=O)[O-])c1O. The molecular weight excluding hydrogens is 318 g/mol. The van der Waals surface area contributed by atoms with E-state index < -0.39 is 33.9 Å². The Morgan fingerprint density at radius 3 is 2.64 bits per heavy atom. The molecule has 22 heavy (non-hydrogen) atoms. The smallest absolute Gasteiger partial charge is 0.328 e. The Hall–Kier alpha value is -2.55. The van der Waals surface area contributed by atoms with Crippen LogP contribution < -0.4 is 15.4 Å². The Labute approximate surface area is 129 Å². The van der Waals surface area contributed by atoms with E-state index in [0.29, 0.717) is 0 Å². The molecule has 1 aromatic carbocycles. The van der Waals surface area contributed by atoms with Crippen molar-refractivity contribution in [2.24, 2.45) is 0 Å². The van der Waals surface area contributed by atoms with Crippen LogP contribution in [0.2, 0.25) is 5.02 Å². The third kappa shape index (κ3) is 3.19. The van der Waals surface area contributed by atoms with E-state index in [9.17, 15) is 24.8 Å². The summed E-state index contributed by atoms with van der Waals surface area (Å²) >= 11 is 5.84. The van der Waals surface area contributed by atoms with E-state index in [4.69, 9.17) is 16.3 Å². The van der Waals surface area contributed by atoms with Crippen LogP contribution in [0.1, 0.15) is 23.2 Å². The van der Waals surface area contributed by atoms with Crippen LogP contribution in [0.3, 0.4) is 0 Å². The number of benzene rings is 1. The number of methoxy groups -OCH3 is 1. The van der Waals surface area contributed by atoms with Crippen LogP contribution in [-0.2, 0) is 0 Å². The number of nitro groups is 1. The third-order valence-corrected chi connectivity index (χ3v) is 3.26. The fourth-order valence-electron chi connectivity index (χ4n) is 1.77. The monoisotopic (exact) mass is 329 g/mol. The molecule has 3 amide bonds. The first-order valence-corrected chi connectivity index (χ1v) is 6.58. The van der Waals surface area contributed by atoms with Gasteiger partial charge in [-0.2, -0.15) is 0 Å². The summed E-state index contributed by atoms with van der Waals surface area (Å²) in [4.78, 5) is 33.7. The molecule has 1 saturated carbocycles. The predicted octanol–water partition coefficient (Wildman–Crippen LogP) is 1.56. The Morgan fingerprint density at radius 2 is 2.14 bits per heavy atom. The standard InChI is InChI=1S/C12H12ClN3O6/c1-22-7-4-6(13)8(9(10(7)17)16(20)21)11(18)15-12(19)14-5-2-3-5/h4-5,17H,2-3H2,1H3,(H2,14,15,18,19). The number of nitro benzene ring substituents is 1. The normalized spacial score (nSPS) is 13.4. The number of urea groups is 1. The Balaban J connectivity index is 2.35. The molecule has 10 heteroatoms. The number of imide groups is 1. The molecule has 1 aliphatic rings. The van der Waals surface area contributed by atoms with Crippen LogP contribution in [0, 0.1) is 10.1 Å². The number of ether oxygens (including phenoxy) is 1. The molecule has 0 aromatic heterocycles. The van der Waals surface area contributed by atoms with Gasteiger partial charge in [0.05, 0.1) is 17.1 Å². The van der Waals surface area contributed by atoms with Gasteiger partial charge in [-0.3, -0.25) is 20.2 Å². The summed E-state index contributed by atoms with van der Waals surface area (Å²) in [5.74, 6) is -2.19. The number of phenols is 1. The molecule has 0 saturated heterocycles. The zero-order chi connectivity index (χ0) is 16.4. The Morgan fingerprint density at radius 1 is 1.50 bits per heavy atom. The highest BCUT2D eigenvalue weighted by Gasteiger charge is 2.33. The van der Waals surface area contributed by atoms with Crippen molar-refractivity contribution in [1.29, 1.82) is 0 Å². The van der Waals surface area contributed by atoms with Gasteiger partial charge in [0.25, 0.3) is 5.91 Å². The highest BCUT2D eigenvalue weighted by molar-refractivity contribution is 6.35. The number of halogens is 1. The molecular formula is C12H12ClN3O6. The molecule has 1 fully saturated rings. The lowest BCUT2D eigenvalue weighted by molar-refractivity contribution is -0.386. The minimum absolute atomic E-state index is 0.00234. The number of carbonyl (C=O) groups excluding carboxylic acids is 2. The predicted molar refractivity (Wildman–Crippen MR) is 75.3 cm³/mol. The second kappa shape index (κ2) is 6.06. The van der Waals surface area contributed by atoms with E-state index in [2.05, 4.69) is 5.32 Å². The Kier molecular flexibility index (Phi) is 4.36. The van der Waals surface area contributed by atoms with Crippen molar-refractivity contribution in [1.82, 2.24) is 10.6 Å². The minimum atomic E-state index is -1.09. The van der Waals surface area contributed by atoms with Crippen molar-refractivity contribution in [3.05, 3.63) is 26.8 Å². The highest BCUT2D eigenvalue weighted by Crippen LogP contribution is 2.42. The molecule has 1 aliphatic carbocycles. The third-order valence-electron chi connectivity index (χ3n) is 2.96. The van der Waals surface area contributed by atoms with Crippen molar-refractivity contribution in [3.63, 3.8) is 0 Å². The fourth-order valence-corrected chi connectivity index (χ4v) is 2.04. The van der Waals surface area contributed by atoms with Crippen molar-refractivity contribution in [3.8, 4) is 11.5 Å². The first-order valence-electron chi connectivity index (χ1n) is 6.20. The lowest BCUT2D eigenvalue weighted by Gasteiger charge is -2.10. The van der Waals surface area contributed by atoms with Crippen LogP contribution >= 0.6 is 11.6 Å². The number of hydrogen-bond donors (Lipinski definition) is 3. The topological polar surface area (TPSA) is 131 Å². The molecule has 0 spiro atoms. The van der Waals surface area contributed by atoms with E-state index in [1.54, 1.807) is 0 Å². The number of carbonyl (C=O) groups is 2. The van der Waals surface area contributed by atoms with Crippen LogP contribution in [0.4, 0.5) is 10.5 Å². The van der Waals surface area contributed by atoms with Crippen LogP contribution in [0.25, 0.3) is 0 Å². The van der Waals surface area contributed by atoms with Gasteiger partial charge in [0.15, 0.2) is 5.75 Å². The fraction of sp³-hybridized carbons (Fsp3) is 0.333. The molecule has 0 unspecified atom stereocenters. The van der Waals surface area contributed by atoms with Gasteiger partial charge in [0.2, 0.25) is 5.75 Å². The highest BCUT2D eigenvalue weighted by atomic mass is 35.5. The molecule has 3 N–H and O–H groups in total. The van der Waals surface area contributed by atoms with Gasteiger partial charge in [-0.25, -0.2) is 4.79 Å². The quantitative estimate of drug-likeness (QED) is 0.567. The van der Waals surface area contributed by atoms with E-state index in [0.717, 1.165) is 18.9 Å². The zero-order valence-corrected chi connectivity index (χ0v) is 12.1. The maximum atomic E-state index is 12.0. The summed E-state index contributed by atoms with van der Waals surface area (Å²) in [5, 5.41) is 25.0. The van der Waals surface area contributed by atoms with E-state index >= 15 is 0 Å². The Bertz CT molecular complexity index is 659. The summed E-state index contributed by atoms with van der Waals surface area (Å²) in [7, 11) is 1.18. The van der Waals surface area contributed by atoms with Crippen molar-refractivity contribution < 1.29 is 24.4 Å². The largest absolute Gasteiger partial charge is 0.499 e. The van der Waals surface area contributed by atoms with Gasteiger partial charge in [-0.15, -0.1) is 0 Å². The number of aromatic hydroxyl groups is 1. The van der Waals surface area contributed by atoms with Gasteiger partial charge in [0, 0.05) is 12.1 Å². The summed E-state index contributed by atoms with van der Waals surface area (Å²) in [5.41, 5.74) is -1.54. The van der Waals surface area contributed by atoms with Crippen molar-refractivity contribution >= 4 is 29.2 Å². The van der Waals surface area contributed by atoms with Crippen LogP contribution in [0.5, 0.6) is 11.5 Å². The lowest BCUT2D eigenvalue weighted by atomic mass is 10.1. The molecule has 0 heterocycles. The number of amides is 3. The molecule has 0 atom stereocenters. The number of phenolic OH excluding ortho intramolecular Hbond substituents is 1. The van der Waals surface area contributed by atoms with E-state index in [-0.39, 0.29) is 16.8 Å². The molecule has 0 aliphatic heterocycles. The first-order chi connectivity index (χ1) is 10.3. The second-order valence-corrected chi connectivity index (χ2v) is 5.00. The van der Waals surface area contributed by atoms with Gasteiger partial charge in [-0.05, 0) is 12.8 Å². The molecule has 9 nitrogen and oxygen atoms in total. The van der Waals surface area contributed by atoms with Gasteiger partial charge in [0.1, 0.15) is 5.56 Å². The molecule has 1 aromatic rings. The minimum Gasteiger partial charge on any atom is -0.499 e. The van der Waals surface area contributed by atoms with E-state index in [1.807, 2.05) is 5.32 Å². The molecule has 2 rings (SSSR count). The van der Waals surface area contributed by atoms with E-state index in [1.165, 1.54) is 7.11 Å². The average molecular weight is 330 g/mol. The number of nitrogens with zero attached hydrogens (tertiary/aromatic N) is 1. The molecule has 0 radical (unpaired) electrons. The van der Waals surface area contributed by atoms with Gasteiger partial charge in [-0.1, -0.05) is 11.6 Å². The van der Waals surface area contributed by atoms with Crippen LogP contribution in [0.15, 0.2) is 6.07 Å². The first kappa shape index (κ1) is 15.8. The van der Waals surface area contributed by atoms with Crippen molar-refractivity contribution in [2.45, 2.75) is 18.9 Å². The van der Waals surface area contributed by atoms with Gasteiger partial charge >= 0.3 is 11.7 Å².